The molecule has 19 heavy (non-hydrogen) atoms. The van der Waals surface area contributed by atoms with Gasteiger partial charge in [-0.15, -0.1) is 0 Å². The van der Waals surface area contributed by atoms with E-state index in [0.29, 0.717) is 10.9 Å². The predicted molar refractivity (Wildman–Crippen MR) is 77.5 cm³/mol. The van der Waals surface area contributed by atoms with Crippen LogP contribution in [0, 0.1) is 5.92 Å². The van der Waals surface area contributed by atoms with Gasteiger partial charge in [0.25, 0.3) is 0 Å². The van der Waals surface area contributed by atoms with Crippen LogP contribution in [0.2, 0.25) is 5.02 Å². The molecule has 1 aliphatic carbocycles. The second-order valence-corrected chi connectivity index (χ2v) is 5.66. The molecule has 0 amide bonds. The van der Waals surface area contributed by atoms with Crippen molar-refractivity contribution in [2.45, 2.75) is 38.1 Å². The van der Waals surface area contributed by atoms with Crippen LogP contribution in [0.3, 0.4) is 0 Å². The molecule has 0 saturated heterocycles. The van der Waals surface area contributed by atoms with Gasteiger partial charge in [0.15, 0.2) is 0 Å². The first-order valence-electron chi connectivity index (χ1n) is 6.72. The minimum Gasteiger partial charge on any atom is -0.467 e. The van der Waals surface area contributed by atoms with Crippen LogP contribution >= 0.6 is 11.6 Å². The van der Waals surface area contributed by atoms with E-state index in [2.05, 4.69) is 12.2 Å². The molecule has 3 nitrogen and oxygen atoms in total. The molecular formula is C15H20ClNO2. The van der Waals surface area contributed by atoms with Crippen LogP contribution in [0.5, 0.6) is 0 Å². The van der Waals surface area contributed by atoms with E-state index in [1.807, 2.05) is 24.3 Å². The van der Waals surface area contributed by atoms with Crippen LogP contribution in [-0.4, -0.2) is 18.6 Å². The third-order valence-electron chi connectivity index (χ3n) is 4.00. The molecule has 1 fully saturated rings. The molecule has 1 saturated carbocycles. The fraction of sp³-hybridized carbons (Fsp3) is 0.533. The van der Waals surface area contributed by atoms with Gasteiger partial charge in [-0.05, 0) is 49.4 Å². The first-order chi connectivity index (χ1) is 9.09. The summed E-state index contributed by atoms with van der Waals surface area (Å²) in [4.78, 5) is 12.2. The number of benzene rings is 1. The average Bonchev–Trinajstić information content (AvgIpc) is 2.85. The molecule has 1 aliphatic rings. The Hall–Kier alpha value is -1.22. The van der Waals surface area contributed by atoms with Crippen LogP contribution < -0.4 is 5.32 Å². The monoisotopic (exact) mass is 281 g/mol. The molecule has 0 aromatic heterocycles. The Kier molecular flexibility index (Phi) is 4.35. The lowest BCUT2D eigenvalue weighted by Gasteiger charge is -2.29. The van der Waals surface area contributed by atoms with E-state index in [9.17, 15) is 4.79 Å². The lowest BCUT2D eigenvalue weighted by atomic mass is 9.94. The van der Waals surface area contributed by atoms with E-state index in [1.165, 1.54) is 7.11 Å². The van der Waals surface area contributed by atoms with Gasteiger partial charge in [0, 0.05) is 10.7 Å². The topological polar surface area (TPSA) is 38.3 Å². The summed E-state index contributed by atoms with van der Waals surface area (Å²) in [6.45, 7) is 2.17. The molecular weight excluding hydrogens is 262 g/mol. The summed E-state index contributed by atoms with van der Waals surface area (Å²) in [5, 5.41) is 4.05. The lowest BCUT2D eigenvalue weighted by Crippen LogP contribution is -2.45. The van der Waals surface area contributed by atoms with Crippen molar-refractivity contribution < 1.29 is 9.53 Å². The number of carbonyl (C=O) groups is 1. The minimum atomic E-state index is -0.580. The van der Waals surface area contributed by atoms with Crippen molar-refractivity contribution in [1.29, 1.82) is 0 Å². The number of halogens is 1. The number of anilines is 1. The van der Waals surface area contributed by atoms with Gasteiger partial charge in [0.1, 0.15) is 5.54 Å². The Balaban J connectivity index is 2.19. The summed E-state index contributed by atoms with van der Waals surface area (Å²) in [6, 6.07) is 7.43. The molecule has 0 spiro atoms. The molecule has 0 radical (unpaired) electrons. The first kappa shape index (κ1) is 14.2. The van der Waals surface area contributed by atoms with Crippen LogP contribution in [-0.2, 0) is 9.53 Å². The van der Waals surface area contributed by atoms with E-state index in [4.69, 9.17) is 16.3 Å². The van der Waals surface area contributed by atoms with E-state index in [-0.39, 0.29) is 5.97 Å². The van der Waals surface area contributed by atoms with Gasteiger partial charge in [-0.25, -0.2) is 4.79 Å². The van der Waals surface area contributed by atoms with Crippen molar-refractivity contribution >= 4 is 23.3 Å². The van der Waals surface area contributed by atoms with Gasteiger partial charge in [-0.1, -0.05) is 24.9 Å². The van der Waals surface area contributed by atoms with Crippen molar-refractivity contribution in [3.05, 3.63) is 29.3 Å². The lowest BCUT2D eigenvalue weighted by molar-refractivity contribution is -0.145. The highest BCUT2D eigenvalue weighted by Crippen LogP contribution is 2.39. The molecule has 2 rings (SSSR count). The summed E-state index contributed by atoms with van der Waals surface area (Å²) in [7, 11) is 1.45. The zero-order valence-electron chi connectivity index (χ0n) is 11.4. The highest BCUT2D eigenvalue weighted by molar-refractivity contribution is 6.30. The van der Waals surface area contributed by atoms with E-state index in [0.717, 1.165) is 31.4 Å². The summed E-state index contributed by atoms with van der Waals surface area (Å²) in [5.41, 5.74) is 0.329. The van der Waals surface area contributed by atoms with Gasteiger partial charge in [0.05, 0.1) is 7.11 Å². The Morgan fingerprint density at radius 2 is 2.16 bits per heavy atom. The van der Waals surface area contributed by atoms with E-state index >= 15 is 0 Å². The summed E-state index contributed by atoms with van der Waals surface area (Å²) >= 11 is 5.88. The minimum absolute atomic E-state index is 0.168. The molecule has 1 aromatic rings. The zero-order valence-corrected chi connectivity index (χ0v) is 12.2. The van der Waals surface area contributed by atoms with Crippen molar-refractivity contribution in [1.82, 2.24) is 0 Å². The Morgan fingerprint density at radius 1 is 1.47 bits per heavy atom. The van der Waals surface area contributed by atoms with Crippen molar-refractivity contribution in [3.8, 4) is 0 Å². The highest BCUT2D eigenvalue weighted by atomic mass is 35.5. The molecule has 0 aliphatic heterocycles. The third-order valence-corrected chi connectivity index (χ3v) is 4.25. The summed E-state index contributed by atoms with van der Waals surface area (Å²) in [6.07, 6.45) is 3.81. The normalized spacial score (nSPS) is 26.2. The molecule has 1 aromatic carbocycles. The number of hydrogen-bond donors (Lipinski definition) is 1. The molecule has 2 unspecified atom stereocenters. The fourth-order valence-corrected chi connectivity index (χ4v) is 2.98. The maximum atomic E-state index is 12.2. The summed E-state index contributed by atoms with van der Waals surface area (Å²) in [5.74, 6) is 0.414. The highest BCUT2D eigenvalue weighted by Gasteiger charge is 2.45. The number of esters is 1. The molecule has 104 valence electrons. The second-order valence-electron chi connectivity index (χ2n) is 5.22. The maximum absolute atomic E-state index is 12.2. The second kappa shape index (κ2) is 5.83. The molecule has 2 atom stereocenters. The number of nitrogens with one attached hydrogen (secondary N) is 1. The largest absolute Gasteiger partial charge is 0.467 e. The van der Waals surface area contributed by atoms with Crippen molar-refractivity contribution in [2.75, 3.05) is 12.4 Å². The molecule has 1 N–H and O–H groups in total. The number of hydrogen-bond acceptors (Lipinski definition) is 3. The molecule has 0 heterocycles. The fourth-order valence-electron chi connectivity index (χ4n) is 2.85. The van der Waals surface area contributed by atoms with Crippen LogP contribution in [0.1, 0.15) is 32.6 Å². The predicted octanol–water partition coefficient (Wildman–Crippen LogP) is 3.87. The third kappa shape index (κ3) is 3.03. The SMILES string of the molecule is CCC1CCC(Nc2ccc(Cl)cc2)(C(=O)OC)C1. The van der Waals surface area contributed by atoms with Gasteiger partial charge >= 0.3 is 5.97 Å². The van der Waals surface area contributed by atoms with Crippen LogP contribution in [0.4, 0.5) is 5.69 Å². The number of ether oxygens (including phenoxy) is 1. The molecule has 0 bridgehead atoms. The maximum Gasteiger partial charge on any atom is 0.331 e. The first-order valence-corrected chi connectivity index (χ1v) is 7.09. The van der Waals surface area contributed by atoms with E-state index < -0.39 is 5.54 Å². The zero-order chi connectivity index (χ0) is 13.9. The Morgan fingerprint density at radius 3 is 2.68 bits per heavy atom. The van der Waals surface area contributed by atoms with Crippen LogP contribution in [0.25, 0.3) is 0 Å². The van der Waals surface area contributed by atoms with Crippen molar-refractivity contribution in [3.63, 3.8) is 0 Å². The number of methoxy groups -OCH3 is 1. The standard InChI is InChI=1S/C15H20ClNO2/c1-3-11-8-9-15(10-11,14(18)19-2)17-13-6-4-12(16)5-7-13/h4-7,11,17H,3,8-10H2,1-2H3. The van der Waals surface area contributed by atoms with Gasteiger partial charge in [0.2, 0.25) is 0 Å². The number of rotatable bonds is 4. The average molecular weight is 282 g/mol. The van der Waals surface area contributed by atoms with Gasteiger partial charge in [-0.3, -0.25) is 0 Å². The van der Waals surface area contributed by atoms with Crippen LogP contribution in [0.15, 0.2) is 24.3 Å². The van der Waals surface area contributed by atoms with Gasteiger partial charge in [-0.2, -0.15) is 0 Å². The van der Waals surface area contributed by atoms with Crippen molar-refractivity contribution in [2.24, 2.45) is 5.92 Å². The van der Waals surface area contributed by atoms with Gasteiger partial charge < -0.3 is 10.1 Å². The molecule has 4 heteroatoms. The quantitative estimate of drug-likeness (QED) is 0.852. The number of carbonyl (C=O) groups excluding carboxylic acids is 1. The summed E-state index contributed by atoms with van der Waals surface area (Å²) < 4.78 is 5.00. The Bertz CT molecular complexity index is 446. The van der Waals surface area contributed by atoms with E-state index in [1.54, 1.807) is 0 Å². The Labute approximate surface area is 119 Å². The smallest absolute Gasteiger partial charge is 0.331 e.